The van der Waals surface area contributed by atoms with Crippen LogP contribution in [0.4, 0.5) is 0 Å². The third-order valence-electron chi connectivity index (χ3n) is 5.41. The highest BCUT2D eigenvalue weighted by Crippen LogP contribution is 2.25. The van der Waals surface area contributed by atoms with Gasteiger partial charge in [-0.15, -0.1) is 0 Å². The second-order valence-electron chi connectivity index (χ2n) is 8.76. The molecule has 1 heterocycles. The molecule has 1 saturated heterocycles. The van der Waals surface area contributed by atoms with E-state index in [1.165, 1.54) is 16.4 Å². The Kier molecular flexibility index (Phi) is 6.62. The standard InChI is InChI=1S/C23H30N2O5S/c1-17(30-20-9-7-19(26)8-10-20)22(27)24-13-15-25(16-14-24)31(28,29)21-11-5-18(6-12-21)23(2,3)4/h5-12,17,26H,13-16H2,1-4H3. The first kappa shape index (κ1) is 23.1. The summed E-state index contributed by atoms with van der Waals surface area (Å²) in [7, 11) is -3.61. The molecule has 1 atom stereocenters. The molecule has 1 aliphatic heterocycles. The Labute approximate surface area is 184 Å². The maximum Gasteiger partial charge on any atom is 0.263 e. The van der Waals surface area contributed by atoms with Gasteiger partial charge in [-0.2, -0.15) is 4.31 Å². The van der Waals surface area contributed by atoms with Crippen molar-refractivity contribution in [2.24, 2.45) is 0 Å². The summed E-state index contributed by atoms with van der Waals surface area (Å²) in [5.74, 6) is 0.412. The van der Waals surface area contributed by atoms with Crippen LogP contribution in [0.25, 0.3) is 0 Å². The van der Waals surface area contributed by atoms with Gasteiger partial charge in [-0.25, -0.2) is 8.42 Å². The summed E-state index contributed by atoms with van der Waals surface area (Å²) in [5.41, 5.74) is 1.03. The maximum atomic E-state index is 13.0. The van der Waals surface area contributed by atoms with Gasteiger partial charge in [0.05, 0.1) is 4.90 Å². The molecule has 8 heteroatoms. The number of nitrogens with zero attached hydrogens (tertiary/aromatic N) is 2. The number of carbonyl (C=O) groups is 1. The summed E-state index contributed by atoms with van der Waals surface area (Å²) in [6.07, 6.45) is -0.711. The highest BCUT2D eigenvalue weighted by molar-refractivity contribution is 7.89. The van der Waals surface area contributed by atoms with Crippen LogP contribution < -0.4 is 4.74 Å². The molecule has 3 rings (SSSR count). The van der Waals surface area contributed by atoms with Crippen LogP contribution in [-0.4, -0.2) is 60.9 Å². The molecule has 0 aromatic heterocycles. The molecular weight excluding hydrogens is 416 g/mol. The highest BCUT2D eigenvalue weighted by Gasteiger charge is 2.32. The fourth-order valence-electron chi connectivity index (χ4n) is 3.46. The normalized spacial score (nSPS) is 16.7. The Bertz CT molecular complexity index is 1000. The van der Waals surface area contributed by atoms with Crippen LogP contribution >= 0.6 is 0 Å². The second-order valence-corrected chi connectivity index (χ2v) is 10.7. The predicted molar refractivity (Wildman–Crippen MR) is 119 cm³/mol. The van der Waals surface area contributed by atoms with E-state index in [4.69, 9.17) is 4.74 Å². The van der Waals surface area contributed by atoms with Crippen molar-refractivity contribution in [1.82, 2.24) is 9.21 Å². The molecule has 168 valence electrons. The van der Waals surface area contributed by atoms with Crippen LogP contribution in [0.15, 0.2) is 53.4 Å². The van der Waals surface area contributed by atoms with Crippen LogP contribution in [-0.2, 0) is 20.2 Å². The monoisotopic (exact) mass is 446 g/mol. The molecule has 0 saturated carbocycles. The van der Waals surface area contributed by atoms with E-state index in [9.17, 15) is 18.3 Å². The van der Waals surface area contributed by atoms with E-state index in [1.807, 2.05) is 12.1 Å². The van der Waals surface area contributed by atoms with Crippen LogP contribution in [0.5, 0.6) is 11.5 Å². The van der Waals surface area contributed by atoms with Crippen molar-refractivity contribution in [2.75, 3.05) is 26.2 Å². The number of rotatable bonds is 5. The third-order valence-corrected chi connectivity index (χ3v) is 7.32. The van der Waals surface area contributed by atoms with Crippen molar-refractivity contribution in [3.63, 3.8) is 0 Å². The van der Waals surface area contributed by atoms with Crippen molar-refractivity contribution in [3.8, 4) is 11.5 Å². The van der Waals surface area contributed by atoms with E-state index < -0.39 is 16.1 Å². The first-order valence-corrected chi connectivity index (χ1v) is 11.8. The third kappa shape index (κ3) is 5.37. The topological polar surface area (TPSA) is 87.2 Å². The molecule has 1 unspecified atom stereocenters. The minimum atomic E-state index is -3.61. The number of phenolic OH excluding ortho intramolecular Hbond substituents is 1. The van der Waals surface area contributed by atoms with Gasteiger partial charge in [0.1, 0.15) is 11.5 Å². The number of carbonyl (C=O) groups excluding carboxylic acids is 1. The second kappa shape index (κ2) is 8.88. The first-order valence-electron chi connectivity index (χ1n) is 10.3. The van der Waals surface area contributed by atoms with Crippen molar-refractivity contribution in [1.29, 1.82) is 0 Å². The Morgan fingerprint density at radius 1 is 0.968 bits per heavy atom. The minimum Gasteiger partial charge on any atom is -0.508 e. The molecule has 1 aliphatic rings. The number of amides is 1. The molecule has 0 spiro atoms. The van der Waals surface area contributed by atoms with Crippen molar-refractivity contribution >= 4 is 15.9 Å². The number of hydrogen-bond donors (Lipinski definition) is 1. The van der Waals surface area contributed by atoms with Crippen molar-refractivity contribution < 1.29 is 23.1 Å². The SMILES string of the molecule is CC(Oc1ccc(O)cc1)C(=O)N1CCN(S(=O)(=O)c2ccc(C(C)(C)C)cc2)CC1. The number of aromatic hydroxyl groups is 1. The van der Waals surface area contributed by atoms with Gasteiger partial charge in [-0.1, -0.05) is 32.9 Å². The van der Waals surface area contributed by atoms with Crippen LogP contribution in [0.2, 0.25) is 0 Å². The summed E-state index contributed by atoms with van der Waals surface area (Å²) < 4.78 is 33.1. The summed E-state index contributed by atoms with van der Waals surface area (Å²) in [4.78, 5) is 14.6. The lowest BCUT2D eigenvalue weighted by Gasteiger charge is -2.35. The van der Waals surface area contributed by atoms with E-state index in [-0.39, 0.29) is 35.1 Å². The van der Waals surface area contributed by atoms with E-state index >= 15 is 0 Å². The predicted octanol–water partition coefficient (Wildman–Crippen LogP) is 2.99. The zero-order valence-corrected chi connectivity index (χ0v) is 19.2. The summed E-state index contributed by atoms with van der Waals surface area (Å²) in [5, 5.41) is 9.34. The fourth-order valence-corrected chi connectivity index (χ4v) is 4.88. The Balaban J connectivity index is 1.60. The molecule has 1 N–H and O–H groups in total. The van der Waals surface area contributed by atoms with E-state index in [2.05, 4.69) is 20.8 Å². The Morgan fingerprint density at radius 3 is 2.03 bits per heavy atom. The number of piperazine rings is 1. The number of benzene rings is 2. The fraction of sp³-hybridized carbons (Fsp3) is 0.435. The smallest absolute Gasteiger partial charge is 0.263 e. The van der Waals surface area contributed by atoms with Crippen LogP contribution in [0.1, 0.15) is 33.3 Å². The lowest BCUT2D eigenvalue weighted by Crippen LogP contribution is -2.53. The molecule has 7 nitrogen and oxygen atoms in total. The summed E-state index contributed by atoms with van der Waals surface area (Å²) in [6.45, 7) is 9.00. The van der Waals surface area contributed by atoms with Gasteiger partial charge < -0.3 is 14.7 Å². The van der Waals surface area contributed by atoms with Crippen molar-refractivity contribution in [2.45, 2.75) is 44.1 Å². The Morgan fingerprint density at radius 2 is 1.52 bits per heavy atom. The number of ether oxygens (including phenoxy) is 1. The summed E-state index contributed by atoms with van der Waals surface area (Å²) in [6, 6.07) is 13.2. The number of hydrogen-bond acceptors (Lipinski definition) is 5. The Hall–Kier alpha value is -2.58. The molecule has 0 radical (unpaired) electrons. The average molecular weight is 447 g/mol. The average Bonchev–Trinajstić information content (AvgIpc) is 2.74. The van der Waals surface area contributed by atoms with E-state index in [1.54, 1.807) is 36.1 Å². The van der Waals surface area contributed by atoms with Gasteiger partial charge in [-0.3, -0.25) is 4.79 Å². The number of sulfonamides is 1. The van der Waals surface area contributed by atoms with Crippen molar-refractivity contribution in [3.05, 3.63) is 54.1 Å². The largest absolute Gasteiger partial charge is 0.508 e. The molecular formula is C23H30N2O5S. The van der Waals surface area contributed by atoms with E-state index in [0.29, 0.717) is 18.8 Å². The molecule has 2 aromatic rings. The van der Waals surface area contributed by atoms with Gasteiger partial charge in [0.2, 0.25) is 10.0 Å². The van der Waals surface area contributed by atoms with Gasteiger partial charge >= 0.3 is 0 Å². The number of phenols is 1. The van der Waals surface area contributed by atoms with Crippen LogP contribution in [0, 0.1) is 0 Å². The summed E-state index contributed by atoms with van der Waals surface area (Å²) >= 11 is 0. The molecule has 31 heavy (non-hydrogen) atoms. The quantitative estimate of drug-likeness (QED) is 0.763. The molecule has 0 bridgehead atoms. The highest BCUT2D eigenvalue weighted by atomic mass is 32.2. The first-order chi connectivity index (χ1) is 14.5. The van der Waals surface area contributed by atoms with Gasteiger partial charge in [0, 0.05) is 26.2 Å². The van der Waals surface area contributed by atoms with Crippen LogP contribution in [0.3, 0.4) is 0 Å². The van der Waals surface area contributed by atoms with E-state index in [0.717, 1.165) is 5.56 Å². The molecule has 1 amide bonds. The molecule has 0 aliphatic carbocycles. The zero-order chi connectivity index (χ0) is 22.8. The zero-order valence-electron chi connectivity index (χ0n) is 18.4. The lowest BCUT2D eigenvalue weighted by molar-refractivity contribution is -0.139. The maximum absolute atomic E-state index is 13.0. The molecule has 1 fully saturated rings. The minimum absolute atomic E-state index is 0.0484. The lowest BCUT2D eigenvalue weighted by atomic mass is 9.87. The molecule has 2 aromatic carbocycles. The van der Waals surface area contributed by atoms with Gasteiger partial charge in [0.15, 0.2) is 6.10 Å². The van der Waals surface area contributed by atoms with Gasteiger partial charge in [-0.05, 0) is 54.3 Å². The van der Waals surface area contributed by atoms with Gasteiger partial charge in [0.25, 0.3) is 5.91 Å².